The quantitative estimate of drug-likeness (QED) is 0.880. The van der Waals surface area contributed by atoms with Gasteiger partial charge in [0.2, 0.25) is 0 Å². The van der Waals surface area contributed by atoms with Gasteiger partial charge in [-0.25, -0.2) is 4.98 Å². The number of hydrogen-bond donors (Lipinski definition) is 1. The number of nitrogens with two attached hydrogens (primary N) is 1. The second-order valence-electron chi connectivity index (χ2n) is 6.08. The Hall–Kier alpha value is -0.450. The summed E-state index contributed by atoms with van der Waals surface area (Å²) in [5, 5.41) is 3.44. The molecule has 1 atom stereocenters. The van der Waals surface area contributed by atoms with Gasteiger partial charge in [0.05, 0.1) is 16.2 Å². The predicted octanol–water partition coefficient (Wildman–Crippen LogP) is 2.62. The van der Waals surface area contributed by atoms with E-state index in [2.05, 4.69) is 19.2 Å². The van der Waals surface area contributed by atoms with Crippen LogP contribution in [0, 0.1) is 5.41 Å². The van der Waals surface area contributed by atoms with E-state index in [-0.39, 0.29) is 5.54 Å². The Morgan fingerprint density at radius 3 is 2.65 bits per heavy atom. The average Bonchev–Trinajstić information content (AvgIpc) is 2.76. The molecule has 1 saturated carbocycles. The van der Waals surface area contributed by atoms with Crippen LogP contribution in [0.5, 0.6) is 0 Å². The largest absolute Gasteiger partial charge is 0.381 e. The molecule has 17 heavy (non-hydrogen) atoms. The van der Waals surface area contributed by atoms with Crippen molar-refractivity contribution >= 4 is 11.3 Å². The summed E-state index contributed by atoms with van der Waals surface area (Å²) in [6.07, 6.45) is 3.05. The van der Waals surface area contributed by atoms with Gasteiger partial charge in [0.1, 0.15) is 0 Å². The zero-order valence-corrected chi connectivity index (χ0v) is 11.3. The Labute approximate surface area is 106 Å². The molecule has 1 saturated heterocycles. The molecule has 3 nitrogen and oxygen atoms in total. The summed E-state index contributed by atoms with van der Waals surface area (Å²) in [5.74, 6) is 0.657. The summed E-state index contributed by atoms with van der Waals surface area (Å²) < 4.78 is 5.38. The van der Waals surface area contributed by atoms with Gasteiger partial charge in [-0.3, -0.25) is 0 Å². The minimum Gasteiger partial charge on any atom is -0.381 e. The SMILES string of the molecule is CC1(C)CC1c1nc(C2(N)CCOCC2)cs1. The first-order chi connectivity index (χ1) is 8.01. The Morgan fingerprint density at radius 2 is 2.06 bits per heavy atom. The first-order valence-electron chi connectivity index (χ1n) is 6.34. The van der Waals surface area contributed by atoms with E-state index in [4.69, 9.17) is 15.5 Å². The highest BCUT2D eigenvalue weighted by atomic mass is 32.1. The van der Waals surface area contributed by atoms with Crippen molar-refractivity contribution in [3.63, 3.8) is 0 Å². The smallest absolute Gasteiger partial charge is 0.0965 e. The number of hydrogen-bond acceptors (Lipinski definition) is 4. The lowest BCUT2D eigenvalue weighted by Gasteiger charge is -2.31. The first-order valence-corrected chi connectivity index (χ1v) is 7.22. The van der Waals surface area contributed by atoms with E-state index in [9.17, 15) is 0 Å². The van der Waals surface area contributed by atoms with Crippen molar-refractivity contribution in [2.75, 3.05) is 13.2 Å². The molecule has 2 heterocycles. The lowest BCUT2D eigenvalue weighted by Crippen LogP contribution is -2.42. The second kappa shape index (κ2) is 3.77. The van der Waals surface area contributed by atoms with Crippen LogP contribution in [0.4, 0.5) is 0 Å². The van der Waals surface area contributed by atoms with Gasteiger partial charge in [0, 0.05) is 24.5 Å². The molecular weight excluding hydrogens is 232 g/mol. The van der Waals surface area contributed by atoms with Crippen LogP contribution in [0.25, 0.3) is 0 Å². The van der Waals surface area contributed by atoms with Gasteiger partial charge in [0.25, 0.3) is 0 Å². The highest BCUT2D eigenvalue weighted by Gasteiger charge is 2.48. The third-order valence-corrected chi connectivity index (χ3v) is 5.19. The Morgan fingerprint density at radius 1 is 1.41 bits per heavy atom. The van der Waals surface area contributed by atoms with Crippen LogP contribution in [0.1, 0.15) is 49.7 Å². The third-order valence-electron chi connectivity index (χ3n) is 4.23. The summed E-state index contributed by atoms with van der Waals surface area (Å²) >= 11 is 1.78. The monoisotopic (exact) mass is 252 g/mol. The van der Waals surface area contributed by atoms with Crippen molar-refractivity contribution in [2.24, 2.45) is 11.1 Å². The fourth-order valence-corrected chi connectivity index (χ4v) is 3.79. The molecule has 1 unspecified atom stereocenters. The summed E-state index contributed by atoms with van der Waals surface area (Å²) in [7, 11) is 0. The van der Waals surface area contributed by atoms with E-state index in [1.807, 2.05) is 0 Å². The lowest BCUT2D eigenvalue weighted by atomic mass is 9.88. The van der Waals surface area contributed by atoms with E-state index in [1.165, 1.54) is 11.4 Å². The van der Waals surface area contributed by atoms with E-state index in [0.29, 0.717) is 11.3 Å². The van der Waals surface area contributed by atoms with Crippen LogP contribution in [-0.4, -0.2) is 18.2 Å². The number of nitrogens with zero attached hydrogens (tertiary/aromatic N) is 1. The van der Waals surface area contributed by atoms with Gasteiger partial charge in [0.15, 0.2) is 0 Å². The zero-order chi connectivity index (χ0) is 12.1. The van der Waals surface area contributed by atoms with Gasteiger partial charge >= 0.3 is 0 Å². The molecule has 3 rings (SSSR count). The van der Waals surface area contributed by atoms with Gasteiger partial charge in [-0.15, -0.1) is 11.3 Å². The number of thiazole rings is 1. The Bertz CT molecular complexity index is 421. The molecule has 1 aliphatic heterocycles. The summed E-state index contributed by atoms with van der Waals surface area (Å²) in [6.45, 7) is 6.15. The minimum absolute atomic E-state index is 0.244. The summed E-state index contributed by atoms with van der Waals surface area (Å²) in [6, 6.07) is 0. The van der Waals surface area contributed by atoms with Gasteiger partial charge < -0.3 is 10.5 Å². The van der Waals surface area contributed by atoms with Crippen LogP contribution in [-0.2, 0) is 10.3 Å². The van der Waals surface area contributed by atoms with Gasteiger partial charge in [-0.2, -0.15) is 0 Å². The molecule has 0 radical (unpaired) electrons. The van der Waals surface area contributed by atoms with Crippen LogP contribution in [0.3, 0.4) is 0 Å². The summed E-state index contributed by atoms with van der Waals surface area (Å²) in [4.78, 5) is 4.80. The van der Waals surface area contributed by atoms with Crippen molar-refractivity contribution in [1.29, 1.82) is 0 Å². The Kier molecular flexibility index (Phi) is 2.58. The topological polar surface area (TPSA) is 48.1 Å². The number of rotatable bonds is 2. The maximum Gasteiger partial charge on any atom is 0.0965 e. The molecule has 0 amide bonds. The molecule has 1 aromatic heterocycles. The van der Waals surface area contributed by atoms with E-state index < -0.39 is 0 Å². The van der Waals surface area contributed by atoms with Crippen molar-refractivity contribution in [3.8, 4) is 0 Å². The molecule has 2 fully saturated rings. The molecule has 0 aromatic carbocycles. The minimum atomic E-state index is -0.244. The zero-order valence-electron chi connectivity index (χ0n) is 10.5. The molecular formula is C13H20N2OS. The van der Waals surface area contributed by atoms with Gasteiger partial charge in [-0.1, -0.05) is 13.8 Å². The molecule has 2 N–H and O–H groups in total. The van der Waals surface area contributed by atoms with E-state index in [0.717, 1.165) is 31.7 Å². The van der Waals surface area contributed by atoms with Crippen molar-refractivity contribution < 1.29 is 4.74 Å². The molecule has 0 bridgehead atoms. The fraction of sp³-hybridized carbons (Fsp3) is 0.769. The third kappa shape index (κ3) is 2.02. The molecule has 94 valence electrons. The lowest BCUT2D eigenvalue weighted by molar-refractivity contribution is 0.0509. The second-order valence-corrected chi connectivity index (χ2v) is 6.97. The van der Waals surface area contributed by atoms with Crippen LogP contribution in [0.15, 0.2) is 5.38 Å². The van der Waals surface area contributed by atoms with E-state index in [1.54, 1.807) is 11.3 Å². The van der Waals surface area contributed by atoms with Gasteiger partial charge in [-0.05, 0) is 24.7 Å². The van der Waals surface area contributed by atoms with Crippen LogP contribution < -0.4 is 5.73 Å². The highest BCUT2D eigenvalue weighted by molar-refractivity contribution is 7.09. The maximum atomic E-state index is 6.45. The molecule has 1 aromatic rings. The standard InChI is InChI=1S/C13H20N2OS/c1-12(2)7-9(12)11-15-10(8-17-11)13(14)3-5-16-6-4-13/h8-9H,3-7,14H2,1-2H3. The van der Waals surface area contributed by atoms with Crippen molar-refractivity contribution in [3.05, 3.63) is 16.1 Å². The average molecular weight is 252 g/mol. The van der Waals surface area contributed by atoms with E-state index >= 15 is 0 Å². The summed E-state index contributed by atoms with van der Waals surface area (Å²) in [5.41, 5.74) is 7.74. The maximum absolute atomic E-state index is 6.45. The van der Waals surface area contributed by atoms with Crippen LogP contribution >= 0.6 is 11.3 Å². The molecule has 0 spiro atoms. The molecule has 1 aliphatic carbocycles. The number of ether oxygens (including phenoxy) is 1. The highest BCUT2D eigenvalue weighted by Crippen LogP contribution is 2.59. The van der Waals surface area contributed by atoms with Crippen molar-refractivity contribution in [1.82, 2.24) is 4.98 Å². The van der Waals surface area contributed by atoms with Crippen LogP contribution in [0.2, 0.25) is 0 Å². The number of aromatic nitrogens is 1. The first kappa shape index (κ1) is 11.6. The molecule has 2 aliphatic rings. The Balaban J connectivity index is 1.80. The van der Waals surface area contributed by atoms with Crippen molar-refractivity contribution in [2.45, 2.75) is 44.6 Å². The predicted molar refractivity (Wildman–Crippen MR) is 69.2 cm³/mol. The normalized spacial score (nSPS) is 30.2. The fourth-order valence-electron chi connectivity index (χ4n) is 2.56. The molecule has 4 heteroatoms.